The molecule has 0 amide bonds. The fourth-order valence-corrected chi connectivity index (χ4v) is 0.494. The molecule has 0 saturated heterocycles. The van der Waals surface area contributed by atoms with Gasteiger partial charge in [-0.25, -0.2) is 4.74 Å². The normalized spacial score (nSPS) is 14.4. The molecule has 0 unspecified atom stereocenters. The second-order valence-corrected chi connectivity index (χ2v) is 3.89. The molecule has 0 bridgehead atoms. The van der Waals surface area contributed by atoms with Gasteiger partial charge in [-0.2, -0.15) is 0 Å². The predicted molar refractivity (Wildman–Crippen MR) is 44.3 cm³/mol. The van der Waals surface area contributed by atoms with Gasteiger partial charge in [0, 0.05) is 26.7 Å². The van der Waals surface area contributed by atoms with Crippen LogP contribution in [0, 0.1) is 11.1 Å². The molecule has 0 rings (SSSR count). The van der Waals surface area contributed by atoms with Crippen LogP contribution in [0.2, 0.25) is 0 Å². The standard InChI is InChI=1S/C8H17NO/c1-7(2)6-9(10)8(3,4)5/h6-7H,1-5H3. The number of rotatable bonds is 1. The topological polar surface area (TPSA) is 26.1 Å². The number of hydrogen-bond donors (Lipinski definition) is 0. The molecule has 0 fully saturated rings. The average molecular weight is 143 g/mol. The van der Waals surface area contributed by atoms with Crippen molar-refractivity contribution in [2.45, 2.75) is 40.2 Å². The highest BCUT2D eigenvalue weighted by atomic mass is 16.5. The Kier molecular flexibility index (Phi) is 2.88. The molecule has 0 radical (unpaired) electrons. The maximum Gasteiger partial charge on any atom is 0.164 e. The summed E-state index contributed by atoms with van der Waals surface area (Å²) in [5.41, 5.74) is -0.287. The van der Waals surface area contributed by atoms with Crippen LogP contribution in [0.5, 0.6) is 0 Å². The van der Waals surface area contributed by atoms with Gasteiger partial charge >= 0.3 is 0 Å². The van der Waals surface area contributed by atoms with Crippen molar-refractivity contribution in [3.8, 4) is 0 Å². The molecule has 0 aromatic carbocycles. The van der Waals surface area contributed by atoms with Gasteiger partial charge in [0.1, 0.15) is 0 Å². The molecule has 0 aliphatic heterocycles. The fraction of sp³-hybridized carbons (Fsp3) is 0.875. The van der Waals surface area contributed by atoms with E-state index < -0.39 is 0 Å². The van der Waals surface area contributed by atoms with Crippen molar-refractivity contribution < 1.29 is 4.74 Å². The van der Waals surface area contributed by atoms with E-state index in [1.807, 2.05) is 34.6 Å². The Morgan fingerprint density at radius 3 is 1.80 bits per heavy atom. The summed E-state index contributed by atoms with van der Waals surface area (Å²) in [6.45, 7) is 9.70. The highest BCUT2D eigenvalue weighted by molar-refractivity contribution is 5.54. The van der Waals surface area contributed by atoms with Crippen molar-refractivity contribution in [2.24, 2.45) is 5.92 Å². The van der Waals surface area contributed by atoms with Gasteiger partial charge in [-0.3, -0.25) is 0 Å². The molecular formula is C8H17NO. The second kappa shape index (κ2) is 3.04. The van der Waals surface area contributed by atoms with Gasteiger partial charge in [-0.15, -0.1) is 0 Å². The van der Waals surface area contributed by atoms with Crippen LogP contribution in [0.25, 0.3) is 0 Å². The molecule has 0 aliphatic carbocycles. The lowest BCUT2D eigenvalue weighted by Gasteiger charge is -2.19. The van der Waals surface area contributed by atoms with Crippen molar-refractivity contribution in [1.82, 2.24) is 0 Å². The van der Waals surface area contributed by atoms with E-state index in [1.54, 1.807) is 6.21 Å². The van der Waals surface area contributed by atoms with E-state index in [4.69, 9.17) is 0 Å². The van der Waals surface area contributed by atoms with Crippen LogP contribution < -0.4 is 0 Å². The van der Waals surface area contributed by atoms with E-state index >= 15 is 0 Å². The minimum absolute atomic E-state index is 0.287. The van der Waals surface area contributed by atoms with Crippen LogP contribution in [0.3, 0.4) is 0 Å². The quantitative estimate of drug-likeness (QED) is 0.239. The van der Waals surface area contributed by atoms with Gasteiger partial charge < -0.3 is 5.21 Å². The maximum atomic E-state index is 11.1. The Labute approximate surface area is 63.1 Å². The van der Waals surface area contributed by atoms with Gasteiger partial charge in [0.25, 0.3) is 0 Å². The molecule has 0 atom stereocenters. The van der Waals surface area contributed by atoms with Crippen molar-refractivity contribution >= 4 is 6.21 Å². The minimum atomic E-state index is -0.287. The molecule has 0 aromatic rings. The first-order valence-electron chi connectivity index (χ1n) is 3.65. The molecule has 0 saturated carbocycles. The van der Waals surface area contributed by atoms with E-state index in [1.165, 1.54) is 0 Å². The molecule has 0 heterocycles. The molecule has 0 spiro atoms. The molecule has 2 heteroatoms. The lowest BCUT2D eigenvalue weighted by atomic mass is 10.1. The zero-order valence-corrected chi connectivity index (χ0v) is 7.51. The maximum absolute atomic E-state index is 11.1. The third kappa shape index (κ3) is 3.49. The Hall–Kier alpha value is -0.530. The lowest BCUT2D eigenvalue weighted by molar-refractivity contribution is -0.532. The van der Waals surface area contributed by atoms with Crippen molar-refractivity contribution in [3.63, 3.8) is 0 Å². The summed E-state index contributed by atoms with van der Waals surface area (Å²) < 4.78 is 1.01. The van der Waals surface area contributed by atoms with Crippen LogP contribution >= 0.6 is 0 Å². The van der Waals surface area contributed by atoms with E-state index in [9.17, 15) is 5.21 Å². The Morgan fingerprint density at radius 2 is 1.70 bits per heavy atom. The van der Waals surface area contributed by atoms with Crippen LogP contribution in [0.1, 0.15) is 34.6 Å². The average Bonchev–Trinajstić information content (AvgIpc) is 1.60. The summed E-state index contributed by atoms with van der Waals surface area (Å²) in [5, 5.41) is 11.1. The molecular weight excluding hydrogens is 126 g/mol. The molecule has 2 nitrogen and oxygen atoms in total. The zero-order chi connectivity index (χ0) is 8.36. The first-order valence-corrected chi connectivity index (χ1v) is 3.65. The van der Waals surface area contributed by atoms with Crippen molar-refractivity contribution in [1.29, 1.82) is 0 Å². The van der Waals surface area contributed by atoms with Crippen LogP contribution in [-0.2, 0) is 0 Å². The Balaban J connectivity index is 4.20. The summed E-state index contributed by atoms with van der Waals surface area (Å²) in [5.74, 6) is 0.330. The highest BCUT2D eigenvalue weighted by Gasteiger charge is 2.17. The largest absolute Gasteiger partial charge is 0.624 e. The summed E-state index contributed by atoms with van der Waals surface area (Å²) in [6.07, 6.45) is 1.69. The number of hydroxylamine groups is 1. The minimum Gasteiger partial charge on any atom is -0.624 e. The van der Waals surface area contributed by atoms with Gasteiger partial charge in [-0.1, -0.05) is 13.8 Å². The first kappa shape index (κ1) is 9.47. The van der Waals surface area contributed by atoms with Crippen LogP contribution in [0.15, 0.2) is 0 Å². The van der Waals surface area contributed by atoms with E-state index in [2.05, 4.69) is 0 Å². The molecule has 0 aliphatic rings. The molecule has 0 aromatic heterocycles. The van der Waals surface area contributed by atoms with Gasteiger partial charge in [0.15, 0.2) is 11.8 Å². The smallest absolute Gasteiger partial charge is 0.164 e. The number of hydrogen-bond acceptors (Lipinski definition) is 1. The van der Waals surface area contributed by atoms with E-state index in [-0.39, 0.29) is 5.54 Å². The van der Waals surface area contributed by atoms with Crippen molar-refractivity contribution in [3.05, 3.63) is 5.21 Å². The molecule has 0 N–H and O–H groups in total. The van der Waals surface area contributed by atoms with Crippen LogP contribution in [0.4, 0.5) is 0 Å². The van der Waals surface area contributed by atoms with Gasteiger partial charge in [-0.05, 0) is 0 Å². The van der Waals surface area contributed by atoms with Crippen LogP contribution in [-0.4, -0.2) is 16.5 Å². The van der Waals surface area contributed by atoms with E-state index in [0.717, 1.165) is 4.74 Å². The first-order chi connectivity index (χ1) is 4.34. The predicted octanol–water partition coefficient (Wildman–Crippen LogP) is 2.02. The van der Waals surface area contributed by atoms with Gasteiger partial charge in [0.2, 0.25) is 0 Å². The highest BCUT2D eigenvalue weighted by Crippen LogP contribution is 2.05. The second-order valence-electron chi connectivity index (χ2n) is 3.89. The third-order valence-electron chi connectivity index (χ3n) is 1.09. The SMILES string of the molecule is CC(C)C=[N+]([O-])C(C)(C)C. The van der Waals surface area contributed by atoms with E-state index in [0.29, 0.717) is 5.92 Å². The summed E-state index contributed by atoms with van der Waals surface area (Å²) in [7, 11) is 0. The lowest BCUT2D eigenvalue weighted by Crippen LogP contribution is -2.30. The van der Waals surface area contributed by atoms with Gasteiger partial charge in [0.05, 0.1) is 0 Å². The van der Waals surface area contributed by atoms with Crippen molar-refractivity contribution in [2.75, 3.05) is 0 Å². The summed E-state index contributed by atoms with van der Waals surface area (Å²) in [4.78, 5) is 0. The number of nitrogens with zero attached hydrogens (tertiary/aromatic N) is 1. The summed E-state index contributed by atoms with van der Waals surface area (Å²) >= 11 is 0. The monoisotopic (exact) mass is 143 g/mol. The fourth-order valence-electron chi connectivity index (χ4n) is 0.494. The molecule has 60 valence electrons. The summed E-state index contributed by atoms with van der Waals surface area (Å²) in [6, 6.07) is 0. The third-order valence-corrected chi connectivity index (χ3v) is 1.09. The zero-order valence-electron chi connectivity index (χ0n) is 7.51. The Bertz CT molecular complexity index is 131. The Morgan fingerprint density at radius 1 is 1.30 bits per heavy atom. The molecule has 10 heavy (non-hydrogen) atoms.